The summed E-state index contributed by atoms with van der Waals surface area (Å²) >= 11 is 3.56. The van der Waals surface area contributed by atoms with Crippen LogP contribution >= 0.6 is 15.9 Å². The van der Waals surface area contributed by atoms with E-state index < -0.39 is 0 Å². The highest BCUT2D eigenvalue weighted by molar-refractivity contribution is 9.10. The maximum atomic E-state index is 3.56. The average Bonchev–Trinajstić information content (AvgIpc) is 2.70. The molecule has 0 radical (unpaired) electrons. The van der Waals surface area contributed by atoms with Gasteiger partial charge in [-0.05, 0) is 75.8 Å². The van der Waals surface area contributed by atoms with E-state index in [1.165, 1.54) is 43.8 Å². The van der Waals surface area contributed by atoms with E-state index in [4.69, 9.17) is 0 Å². The van der Waals surface area contributed by atoms with Gasteiger partial charge in [0.2, 0.25) is 0 Å². The Bertz CT molecular complexity index is 1120. The van der Waals surface area contributed by atoms with E-state index in [1.807, 2.05) is 13.8 Å². The van der Waals surface area contributed by atoms with Crippen LogP contribution < -0.4 is 0 Å². The van der Waals surface area contributed by atoms with Crippen molar-refractivity contribution in [2.45, 2.75) is 27.7 Å². The highest BCUT2D eigenvalue weighted by Crippen LogP contribution is 2.31. The lowest BCUT2D eigenvalue weighted by molar-refractivity contribution is 1.44. The van der Waals surface area contributed by atoms with Crippen molar-refractivity contribution in [3.8, 4) is 11.1 Å². The van der Waals surface area contributed by atoms with Crippen LogP contribution in [0.25, 0.3) is 38.7 Å². The lowest BCUT2D eigenvalue weighted by atomic mass is 9.95. The number of fused-ring (bicyclic) bond motifs is 3. The van der Waals surface area contributed by atoms with Crippen LogP contribution in [0, 0.1) is 6.92 Å². The summed E-state index contributed by atoms with van der Waals surface area (Å²) in [6.07, 6.45) is 4.24. The van der Waals surface area contributed by atoms with Gasteiger partial charge in [0.1, 0.15) is 0 Å². The molecule has 1 heteroatoms. The first-order chi connectivity index (χ1) is 13.2. The quantitative estimate of drug-likeness (QED) is 0.286. The molecule has 136 valence electrons. The van der Waals surface area contributed by atoms with Crippen molar-refractivity contribution in [1.29, 1.82) is 0 Å². The molecule has 0 fully saturated rings. The highest BCUT2D eigenvalue weighted by Gasteiger charge is 2.05. The van der Waals surface area contributed by atoms with Gasteiger partial charge in [-0.3, -0.25) is 0 Å². The number of halogens is 1. The summed E-state index contributed by atoms with van der Waals surface area (Å²) in [5, 5.41) is 5.14. The van der Waals surface area contributed by atoms with Crippen molar-refractivity contribution in [2.75, 3.05) is 0 Å². The largest absolute Gasteiger partial charge is 0.0871 e. The molecule has 0 heterocycles. The SMILES string of the molecule is C/C=C\c1ccc(-c2ccc3c(ccc4cc(Br)ccc43)c2)cc1C.CC. The Morgan fingerprint density at radius 1 is 0.704 bits per heavy atom. The molecule has 0 aliphatic rings. The predicted molar refractivity (Wildman–Crippen MR) is 125 cm³/mol. The fraction of sp³-hybridized carbons (Fsp3) is 0.154. The maximum Gasteiger partial charge on any atom is 0.0181 e. The first kappa shape index (κ1) is 19.4. The zero-order chi connectivity index (χ0) is 19.4. The second-order valence-corrected chi connectivity index (χ2v) is 7.35. The van der Waals surface area contributed by atoms with Crippen molar-refractivity contribution in [3.63, 3.8) is 0 Å². The Labute approximate surface area is 170 Å². The fourth-order valence-electron chi connectivity index (χ4n) is 3.44. The van der Waals surface area contributed by atoms with Gasteiger partial charge in [-0.15, -0.1) is 0 Å². The Hall–Kier alpha value is -2.38. The zero-order valence-corrected chi connectivity index (χ0v) is 18.0. The summed E-state index contributed by atoms with van der Waals surface area (Å²) in [6, 6.07) is 24.3. The molecule has 0 aromatic heterocycles. The summed E-state index contributed by atoms with van der Waals surface area (Å²) in [6.45, 7) is 8.23. The Morgan fingerprint density at radius 3 is 1.96 bits per heavy atom. The van der Waals surface area contributed by atoms with Gasteiger partial charge in [0.05, 0.1) is 0 Å². The normalized spacial score (nSPS) is 11.0. The third-order valence-corrected chi connectivity index (χ3v) is 5.24. The summed E-state index contributed by atoms with van der Waals surface area (Å²) in [4.78, 5) is 0. The van der Waals surface area contributed by atoms with Crippen LogP contribution in [0.5, 0.6) is 0 Å². The minimum atomic E-state index is 1.12. The highest BCUT2D eigenvalue weighted by atomic mass is 79.9. The monoisotopic (exact) mass is 416 g/mol. The second-order valence-electron chi connectivity index (χ2n) is 6.44. The molecule has 0 saturated heterocycles. The summed E-state index contributed by atoms with van der Waals surface area (Å²) in [5.41, 5.74) is 5.12. The van der Waals surface area contributed by atoms with Crippen LogP contribution in [0.2, 0.25) is 0 Å². The number of aryl methyl sites for hydroxylation is 1. The number of benzene rings is 4. The van der Waals surface area contributed by atoms with Gasteiger partial charge in [0.15, 0.2) is 0 Å². The third-order valence-electron chi connectivity index (χ3n) is 4.75. The van der Waals surface area contributed by atoms with Crippen LogP contribution in [-0.4, -0.2) is 0 Å². The second kappa shape index (κ2) is 8.54. The molecule has 0 aliphatic carbocycles. The Morgan fingerprint density at radius 2 is 1.30 bits per heavy atom. The first-order valence-electron chi connectivity index (χ1n) is 9.51. The summed E-state index contributed by atoms with van der Waals surface area (Å²) in [5.74, 6) is 0. The first-order valence-corrected chi connectivity index (χ1v) is 10.3. The molecule has 0 spiro atoms. The van der Waals surface area contributed by atoms with Gasteiger partial charge in [0.25, 0.3) is 0 Å². The van der Waals surface area contributed by atoms with Crippen LogP contribution in [0.15, 0.2) is 77.3 Å². The molecular weight excluding hydrogens is 392 g/mol. The smallest absolute Gasteiger partial charge is 0.0181 e. The molecule has 0 N–H and O–H groups in total. The maximum absolute atomic E-state index is 3.56. The summed E-state index contributed by atoms with van der Waals surface area (Å²) < 4.78 is 1.12. The Kier molecular flexibility index (Phi) is 6.13. The molecule has 27 heavy (non-hydrogen) atoms. The van der Waals surface area contributed by atoms with Gasteiger partial charge in [-0.2, -0.15) is 0 Å². The molecule has 4 aromatic rings. The van der Waals surface area contributed by atoms with E-state index in [1.54, 1.807) is 0 Å². The predicted octanol–water partition coefficient (Wildman–Crippen LogP) is 8.79. The number of hydrogen-bond donors (Lipinski definition) is 0. The van der Waals surface area contributed by atoms with Gasteiger partial charge in [-0.25, -0.2) is 0 Å². The molecule has 0 aliphatic heterocycles. The van der Waals surface area contributed by atoms with E-state index in [2.05, 4.69) is 109 Å². The van der Waals surface area contributed by atoms with Gasteiger partial charge < -0.3 is 0 Å². The van der Waals surface area contributed by atoms with Crippen molar-refractivity contribution in [3.05, 3.63) is 88.4 Å². The van der Waals surface area contributed by atoms with E-state index in [0.29, 0.717) is 0 Å². The van der Waals surface area contributed by atoms with Gasteiger partial charge in [-0.1, -0.05) is 90.5 Å². The molecule has 4 rings (SSSR count). The molecule has 4 aromatic carbocycles. The standard InChI is InChI=1S/C24H19Br.C2H6/c1-3-4-17-5-6-18(13-16(17)2)19-9-11-23-20(14-19)7-8-21-15-22(25)10-12-24(21)23;1-2/h3-15H,1-2H3;1-2H3/b4-3-;. The lowest BCUT2D eigenvalue weighted by Crippen LogP contribution is -1.85. The molecule has 0 nitrogen and oxygen atoms in total. The van der Waals surface area contributed by atoms with Crippen LogP contribution in [0.1, 0.15) is 31.9 Å². The van der Waals surface area contributed by atoms with E-state index in [0.717, 1.165) is 4.47 Å². The van der Waals surface area contributed by atoms with E-state index >= 15 is 0 Å². The minimum Gasteiger partial charge on any atom is -0.0871 e. The van der Waals surface area contributed by atoms with Crippen LogP contribution in [-0.2, 0) is 0 Å². The van der Waals surface area contributed by atoms with Crippen LogP contribution in [0.3, 0.4) is 0 Å². The molecule has 0 unspecified atom stereocenters. The summed E-state index contributed by atoms with van der Waals surface area (Å²) in [7, 11) is 0. The van der Waals surface area contributed by atoms with Gasteiger partial charge >= 0.3 is 0 Å². The third kappa shape index (κ3) is 3.99. The Balaban J connectivity index is 0.00000102. The molecule has 0 atom stereocenters. The number of rotatable bonds is 2. The number of hydrogen-bond acceptors (Lipinski definition) is 0. The zero-order valence-electron chi connectivity index (χ0n) is 16.4. The van der Waals surface area contributed by atoms with E-state index in [9.17, 15) is 0 Å². The van der Waals surface area contributed by atoms with E-state index in [-0.39, 0.29) is 0 Å². The molecule has 0 amide bonds. The minimum absolute atomic E-state index is 1.12. The van der Waals surface area contributed by atoms with Crippen LogP contribution in [0.4, 0.5) is 0 Å². The van der Waals surface area contributed by atoms with Gasteiger partial charge in [0, 0.05) is 4.47 Å². The fourth-order valence-corrected chi connectivity index (χ4v) is 3.82. The molecule has 0 bridgehead atoms. The lowest BCUT2D eigenvalue weighted by Gasteiger charge is -2.09. The van der Waals surface area contributed by atoms with Crippen molar-refractivity contribution in [1.82, 2.24) is 0 Å². The van der Waals surface area contributed by atoms with Crippen molar-refractivity contribution < 1.29 is 0 Å². The number of allylic oxidation sites excluding steroid dienone is 1. The molecule has 0 saturated carbocycles. The average molecular weight is 417 g/mol. The topological polar surface area (TPSA) is 0 Å². The molecular formula is C26H25Br. The van der Waals surface area contributed by atoms with Crippen molar-refractivity contribution >= 4 is 43.6 Å². The van der Waals surface area contributed by atoms with Crippen molar-refractivity contribution in [2.24, 2.45) is 0 Å².